The minimum absolute atomic E-state index is 0.0963. The van der Waals surface area contributed by atoms with Crippen molar-refractivity contribution in [3.05, 3.63) is 124 Å². The summed E-state index contributed by atoms with van der Waals surface area (Å²) in [6.45, 7) is 20.3. The van der Waals surface area contributed by atoms with Crippen molar-refractivity contribution in [1.29, 1.82) is 0 Å². The van der Waals surface area contributed by atoms with Crippen molar-refractivity contribution in [1.82, 2.24) is 9.80 Å². The number of ether oxygens (including phenoxy) is 4. The highest BCUT2D eigenvalue weighted by Gasteiger charge is 2.78. The second-order valence-electron chi connectivity index (χ2n) is 21.1. The third-order valence-corrected chi connectivity index (χ3v) is 12.0. The van der Waals surface area contributed by atoms with Gasteiger partial charge in [-0.15, -0.1) is 0 Å². The topological polar surface area (TPSA) is 146 Å². The largest absolute Gasteiger partial charge is 0.460 e. The van der Waals surface area contributed by atoms with E-state index in [0.29, 0.717) is 11.1 Å². The van der Waals surface area contributed by atoms with Gasteiger partial charge >= 0.3 is 23.9 Å². The minimum atomic E-state index is -2.30. The van der Waals surface area contributed by atoms with Crippen molar-refractivity contribution in [3.63, 3.8) is 0 Å². The molecule has 1 fully saturated rings. The molecule has 1 aliphatic carbocycles. The van der Waals surface area contributed by atoms with Crippen LogP contribution in [-0.4, -0.2) is 79.7 Å². The van der Waals surface area contributed by atoms with Crippen LogP contribution < -0.4 is 0 Å². The summed E-state index contributed by atoms with van der Waals surface area (Å²) in [7, 11) is 0. The lowest BCUT2D eigenvalue weighted by atomic mass is 9.62. The third kappa shape index (κ3) is 7.10. The van der Waals surface area contributed by atoms with E-state index < -0.39 is 99.3 Å². The molecule has 4 aliphatic heterocycles. The molecule has 0 amide bonds. The first-order valence-electron chi connectivity index (χ1n) is 21.5. The zero-order chi connectivity index (χ0) is 45.9. The van der Waals surface area contributed by atoms with Gasteiger partial charge in [-0.2, -0.15) is 0 Å². The van der Waals surface area contributed by atoms with Crippen LogP contribution in [0.4, 0.5) is 0 Å². The Labute approximate surface area is 368 Å². The molecule has 6 atom stereocenters. The molecule has 330 valence electrons. The molecule has 0 radical (unpaired) electrons. The zero-order valence-electron chi connectivity index (χ0n) is 38.0. The molecule has 0 bridgehead atoms. The molecule has 5 aliphatic rings. The van der Waals surface area contributed by atoms with Crippen LogP contribution in [0.5, 0.6) is 0 Å². The van der Waals surface area contributed by atoms with Crippen LogP contribution in [0.1, 0.15) is 144 Å². The lowest BCUT2D eigenvalue weighted by Crippen LogP contribution is -2.60. The fourth-order valence-corrected chi connectivity index (χ4v) is 10.4. The minimum Gasteiger partial charge on any atom is -0.460 e. The molecular weight excluding hydrogens is 801 g/mol. The SMILES string of the molecule is CC(C)(C)OC(=O)C1=C(C(=O)OC(C)(C)C)N2C=Cc3ccccc3[C@@H]2[C@@H]2c3ccccc3[C@@H]3N([C@H]12)[C@H](C(=O)OC(C)(C)C)[C@H](C(=O)OC(C)(C)C)C31C(=O)c2ccccc2C1=O. The molecule has 0 unspecified atom stereocenters. The van der Waals surface area contributed by atoms with E-state index in [9.17, 15) is 0 Å². The van der Waals surface area contributed by atoms with E-state index in [1.165, 1.54) is 0 Å². The van der Waals surface area contributed by atoms with Gasteiger partial charge in [0, 0.05) is 23.2 Å². The summed E-state index contributed by atoms with van der Waals surface area (Å²) in [5.41, 5.74) is -3.96. The monoisotopic (exact) mass is 856 g/mol. The Bertz CT molecular complexity index is 2510. The van der Waals surface area contributed by atoms with Gasteiger partial charge in [-0.05, 0) is 111 Å². The summed E-state index contributed by atoms with van der Waals surface area (Å²) in [6, 6.07) is 16.3. The fraction of sp³-hybridized carbons (Fsp3) is 0.451. The molecule has 12 nitrogen and oxygen atoms in total. The van der Waals surface area contributed by atoms with Gasteiger partial charge in [0.1, 0.15) is 45.5 Å². The first kappa shape index (κ1) is 43.8. The van der Waals surface area contributed by atoms with Crippen molar-refractivity contribution in [2.45, 2.75) is 136 Å². The highest BCUT2D eigenvalue weighted by molar-refractivity contribution is 6.32. The summed E-state index contributed by atoms with van der Waals surface area (Å²) in [6.07, 6.45) is 3.61. The van der Waals surface area contributed by atoms with Gasteiger partial charge in [0.05, 0.1) is 23.7 Å². The standard InChI is InChI=1S/C51H56N2O10/c1-47(2,3)60-43(56)34-37-33(36-28-20-14-13-19-27(28)25-26-52(36)38(34)45(58)62-49(7,8)9)29-21-15-16-22-30(29)40-51(41(54)31-23-17-18-24-32(31)42(51)55)35(44(57)61-48(4,5)6)39(53(37)40)46(59)63-50(10,11)12/h13-26,33,35-37,39-40H,1-12H3/t33-,35+,36+,37-,39-,40-/m0/s1. The van der Waals surface area contributed by atoms with E-state index >= 15 is 28.8 Å². The molecule has 8 rings (SSSR count). The normalized spacial score (nSPS) is 24.7. The van der Waals surface area contributed by atoms with Gasteiger partial charge in [0.25, 0.3) is 0 Å². The summed E-state index contributed by atoms with van der Waals surface area (Å²) in [4.78, 5) is 96.0. The van der Waals surface area contributed by atoms with Crippen molar-refractivity contribution in [3.8, 4) is 0 Å². The summed E-state index contributed by atoms with van der Waals surface area (Å²) in [5, 5.41) is 0. The average Bonchev–Trinajstić information content (AvgIpc) is 3.60. The number of carbonyl (C=O) groups excluding carboxylic acids is 6. The summed E-state index contributed by atoms with van der Waals surface area (Å²) >= 11 is 0. The summed E-state index contributed by atoms with van der Waals surface area (Å²) < 4.78 is 24.7. The maximum atomic E-state index is 15.7. The van der Waals surface area contributed by atoms with E-state index in [0.717, 1.165) is 11.1 Å². The number of ketones is 2. The predicted molar refractivity (Wildman–Crippen MR) is 233 cm³/mol. The molecular formula is C51H56N2O10. The van der Waals surface area contributed by atoms with E-state index in [1.807, 2.05) is 48.5 Å². The second-order valence-corrected chi connectivity index (χ2v) is 21.1. The molecule has 0 N–H and O–H groups in total. The molecule has 0 aromatic heterocycles. The molecule has 1 saturated heterocycles. The summed E-state index contributed by atoms with van der Waals surface area (Å²) in [5.74, 6) is -7.51. The lowest BCUT2D eigenvalue weighted by Gasteiger charge is -2.56. The zero-order valence-corrected chi connectivity index (χ0v) is 38.0. The molecule has 3 aromatic carbocycles. The average molecular weight is 857 g/mol. The van der Waals surface area contributed by atoms with Crippen molar-refractivity contribution < 1.29 is 47.7 Å². The molecule has 0 saturated carbocycles. The number of hydrogen-bond donors (Lipinski definition) is 0. The van der Waals surface area contributed by atoms with Crippen LogP contribution in [0.25, 0.3) is 6.08 Å². The fourth-order valence-electron chi connectivity index (χ4n) is 10.4. The Morgan fingerprint density at radius 3 is 1.59 bits per heavy atom. The van der Waals surface area contributed by atoms with Crippen LogP contribution in [0.2, 0.25) is 0 Å². The molecule has 3 aromatic rings. The Morgan fingerprint density at radius 2 is 1.03 bits per heavy atom. The quantitative estimate of drug-likeness (QED) is 0.142. The van der Waals surface area contributed by atoms with Crippen LogP contribution in [0.3, 0.4) is 0 Å². The molecule has 1 spiro atoms. The second kappa shape index (κ2) is 14.6. The van der Waals surface area contributed by atoms with Crippen molar-refractivity contribution in [2.24, 2.45) is 11.3 Å². The Hall–Kier alpha value is -5.88. The molecule has 4 heterocycles. The van der Waals surface area contributed by atoms with Crippen molar-refractivity contribution in [2.75, 3.05) is 0 Å². The van der Waals surface area contributed by atoms with E-state index in [-0.39, 0.29) is 22.4 Å². The first-order chi connectivity index (χ1) is 29.3. The Balaban J connectivity index is 1.55. The van der Waals surface area contributed by atoms with E-state index in [4.69, 9.17) is 18.9 Å². The van der Waals surface area contributed by atoms with Crippen LogP contribution in [0.15, 0.2) is 90.3 Å². The lowest BCUT2D eigenvalue weighted by molar-refractivity contribution is -0.174. The van der Waals surface area contributed by atoms with Gasteiger partial charge in [-0.1, -0.05) is 72.8 Å². The number of fused-ring (bicyclic) bond motifs is 12. The number of nitrogens with zero attached hydrogens (tertiary/aromatic N) is 2. The number of carbonyl (C=O) groups is 6. The Kier molecular flexibility index (Phi) is 10.1. The Morgan fingerprint density at radius 1 is 0.556 bits per heavy atom. The number of esters is 4. The van der Waals surface area contributed by atoms with E-state index in [1.54, 1.807) is 129 Å². The highest BCUT2D eigenvalue weighted by atomic mass is 16.6. The van der Waals surface area contributed by atoms with Crippen LogP contribution >= 0.6 is 0 Å². The highest BCUT2D eigenvalue weighted by Crippen LogP contribution is 2.68. The number of benzene rings is 3. The smallest absolute Gasteiger partial charge is 0.356 e. The van der Waals surface area contributed by atoms with Crippen molar-refractivity contribution >= 4 is 41.5 Å². The van der Waals surface area contributed by atoms with Crippen LogP contribution in [-0.2, 0) is 38.1 Å². The third-order valence-electron chi connectivity index (χ3n) is 12.0. The van der Waals surface area contributed by atoms with Gasteiger partial charge in [-0.25, -0.2) is 9.59 Å². The molecule has 63 heavy (non-hydrogen) atoms. The molecule has 12 heteroatoms. The number of rotatable bonds is 4. The van der Waals surface area contributed by atoms with Gasteiger partial charge in [0.15, 0.2) is 11.6 Å². The first-order valence-corrected chi connectivity index (χ1v) is 21.5. The maximum absolute atomic E-state index is 15.7. The van der Waals surface area contributed by atoms with Gasteiger partial charge in [0.2, 0.25) is 0 Å². The van der Waals surface area contributed by atoms with Gasteiger partial charge < -0.3 is 23.8 Å². The van der Waals surface area contributed by atoms with E-state index in [2.05, 4.69) is 0 Å². The predicted octanol–water partition coefficient (Wildman–Crippen LogP) is 8.22. The van der Waals surface area contributed by atoms with Gasteiger partial charge in [-0.3, -0.25) is 24.1 Å². The van der Waals surface area contributed by atoms with Crippen LogP contribution in [0, 0.1) is 11.3 Å². The number of hydrogen-bond acceptors (Lipinski definition) is 12. The number of Topliss-reactive ketones (excluding diaryl/α,β-unsaturated/α-hetero) is 2. The maximum Gasteiger partial charge on any atom is 0.356 e.